The molecule has 0 aliphatic heterocycles. The van der Waals surface area contributed by atoms with Crippen molar-refractivity contribution in [3.05, 3.63) is 70.0 Å². The first-order valence-corrected chi connectivity index (χ1v) is 8.01. The number of benzene rings is 2. The maximum absolute atomic E-state index is 13.5. The molecule has 0 heterocycles. The lowest BCUT2D eigenvalue weighted by atomic mass is 10.2. The normalized spacial score (nSPS) is 12.0. The van der Waals surface area contributed by atoms with Crippen LogP contribution in [-0.4, -0.2) is 18.0 Å². The van der Waals surface area contributed by atoms with Crippen molar-refractivity contribution in [2.24, 2.45) is 0 Å². The fourth-order valence-corrected chi connectivity index (χ4v) is 2.33. The zero-order valence-corrected chi connectivity index (χ0v) is 14.6. The minimum atomic E-state index is -1.10. The number of carbonyl (C=O) groups is 2. The van der Waals surface area contributed by atoms with Crippen molar-refractivity contribution in [3.8, 4) is 0 Å². The summed E-state index contributed by atoms with van der Waals surface area (Å²) in [6.07, 6.45) is 1.49. The zero-order chi connectivity index (χ0) is 18.4. The number of esters is 1. The molecule has 0 aliphatic rings. The highest BCUT2D eigenvalue weighted by molar-refractivity contribution is 6.35. The monoisotopic (exact) mass is 381 g/mol. The van der Waals surface area contributed by atoms with Gasteiger partial charge in [0.05, 0.1) is 5.69 Å². The van der Waals surface area contributed by atoms with E-state index in [0.717, 1.165) is 6.08 Å². The van der Waals surface area contributed by atoms with Crippen molar-refractivity contribution < 1.29 is 18.7 Å². The van der Waals surface area contributed by atoms with Gasteiger partial charge in [-0.05, 0) is 42.8 Å². The van der Waals surface area contributed by atoms with Crippen LogP contribution in [0.3, 0.4) is 0 Å². The predicted octanol–water partition coefficient (Wildman–Crippen LogP) is 4.72. The van der Waals surface area contributed by atoms with Crippen molar-refractivity contribution in [2.45, 2.75) is 13.0 Å². The zero-order valence-electron chi connectivity index (χ0n) is 13.1. The number of hydrogen-bond acceptors (Lipinski definition) is 3. The highest BCUT2D eigenvalue weighted by Crippen LogP contribution is 2.22. The molecular weight excluding hydrogens is 368 g/mol. The summed E-state index contributed by atoms with van der Waals surface area (Å²) in [7, 11) is 0. The summed E-state index contributed by atoms with van der Waals surface area (Å²) in [6.45, 7) is 1.39. The van der Waals surface area contributed by atoms with Gasteiger partial charge in [0.25, 0.3) is 5.91 Å². The van der Waals surface area contributed by atoms with Gasteiger partial charge in [0.1, 0.15) is 5.82 Å². The molecule has 2 aromatic carbocycles. The van der Waals surface area contributed by atoms with E-state index in [0.29, 0.717) is 15.6 Å². The molecule has 1 atom stereocenters. The number of nitrogens with one attached hydrogen (secondary N) is 1. The Hall–Kier alpha value is -2.37. The highest BCUT2D eigenvalue weighted by atomic mass is 35.5. The molecule has 0 spiro atoms. The molecule has 0 unspecified atom stereocenters. The van der Waals surface area contributed by atoms with Crippen LogP contribution >= 0.6 is 23.2 Å². The molecule has 0 fully saturated rings. The van der Waals surface area contributed by atoms with Crippen LogP contribution < -0.4 is 5.32 Å². The molecular formula is C18H14Cl2FNO3. The third-order valence-corrected chi connectivity index (χ3v) is 3.72. The fourth-order valence-electron chi connectivity index (χ4n) is 1.86. The van der Waals surface area contributed by atoms with Crippen LogP contribution in [-0.2, 0) is 14.3 Å². The van der Waals surface area contributed by atoms with E-state index in [1.54, 1.807) is 24.3 Å². The molecule has 4 nitrogen and oxygen atoms in total. The van der Waals surface area contributed by atoms with E-state index < -0.39 is 23.8 Å². The SMILES string of the molecule is C[C@@H](OC(=O)/C=C/c1ccc(Cl)cc1Cl)C(=O)Nc1ccccc1F. The third kappa shape index (κ3) is 5.59. The first kappa shape index (κ1) is 19.0. The topological polar surface area (TPSA) is 55.4 Å². The van der Waals surface area contributed by atoms with Crippen molar-refractivity contribution in [1.29, 1.82) is 0 Å². The van der Waals surface area contributed by atoms with Crippen molar-refractivity contribution in [3.63, 3.8) is 0 Å². The van der Waals surface area contributed by atoms with Crippen LogP contribution in [0.5, 0.6) is 0 Å². The number of amides is 1. The van der Waals surface area contributed by atoms with Crippen LogP contribution in [0, 0.1) is 5.82 Å². The summed E-state index contributed by atoms with van der Waals surface area (Å²) in [5.41, 5.74) is 0.588. The first-order chi connectivity index (χ1) is 11.9. The Morgan fingerprint density at radius 1 is 1.20 bits per heavy atom. The Morgan fingerprint density at radius 2 is 1.92 bits per heavy atom. The molecule has 0 saturated carbocycles. The molecule has 0 bridgehead atoms. The lowest BCUT2D eigenvalue weighted by Crippen LogP contribution is -2.29. The van der Waals surface area contributed by atoms with Gasteiger partial charge in [-0.2, -0.15) is 0 Å². The Morgan fingerprint density at radius 3 is 2.60 bits per heavy atom. The molecule has 25 heavy (non-hydrogen) atoms. The van der Waals surface area contributed by atoms with Gasteiger partial charge in [-0.25, -0.2) is 9.18 Å². The van der Waals surface area contributed by atoms with Crippen molar-refractivity contribution in [2.75, 3.05) is 5.32 Å². The van der Waals surface area contributed by atoms with Crippen LogP contribution in [0.4, 0.5) is 10.1 Å². The number of carbonyl (C=O) groups excluding carboxylic acids is 2. The maximum atomic E-state index is 13.5. The Balaban J connectivity index is 1.94. The number of para-hydroxylation sites is 1. The number of hydrogen-bond donors (Lipinski definition) is 1. The van der Waals surface area contributed by atoms with Gasteiger partial charge in [0.2, 0.25) is 0 Å². The summed E-state index contributed by atoms with van der Waals surface area (Å²) < 4.78 is 18.5. The van der Waals surface area contributed by atoms with E-state index in [9.17, 15) is 14.0 Å². The third-order valence-electron chi connectivity index (χ3n) is 3.16. The van der Waals surface area contributed by atoms with Gasteiger partial charge in [-0.3, -0.25) is 4.79 Å². The molecule has 0 aliphatic carbocycles. The van der Waals surface area contributed by atoms with Gasteiger partial charge in [-0.1, -0.05) is 41.4 Å². The second-order valence-electron chi connectivity index (χ2n) is 5.05. The van der Waals surface area contributed by atoms with E-state index >= 15 is 0 Å². The molecule has 2 rings (SSSR count). The van der Waals surface area contributed by atoms with E-state index in [1.807, 2.05) is 0 Å². The Kier molecular flexibility index (Phi) is 6.56. The van der Waals surface area contributed by atoms with E-state index in [-0.39, 0.29) is 5.69 Å². The summed E-state index contributed by atoms with van der Waals surface area (Å²) in [5.74, 6) is -1.95. The summed E-state index contributed by atoms with van der Waals surface area (Å²) >= 11 is 11.8. The minimum Gasteiger partial charge on any atom is -0.449 e. The largest absolute Gasteiger partial charge is 0.449 e. The second-order valence-corrected chi connectivity index (χ2v) is 5.89. The maximum Gasteiger partial charge on any atom is 0.331 e. The van der Waals surface area contributed by atoms with E-state index in [2.05, 4.69) is 5.32 Å². The lowest BCUT2D eigenvalue weighted by molar-refractivity contribution is -0.148. The quantitative estimate of drug-likeness (QED) is 0.602. The average Bonchev–Trinajstić information content (AvgIpc) is 2.56. The minimum absolute atomic E-state index is 0.0129. The fraction of sp³-hybridized carbons (Fsp3) is 0.111. The van der Waals surface area contributed by atoms with Gasteiger partial charge < -0.3 is 10.1 Å². The Bertz CT molecular complexity index is 824. The Labute approximate surface area is 154 Å². The lowest BCUT2D eigenvalue weighted by Gasteiger charge is -2.12. The van der Waals surface area contributed by atoms with Crippen molar-refractivity contribution in [1.82, 2.24) is 0 Å². The van der Waals surface area contributed by atoms with Gasteiger partial charge in [-0.15, -0.1) is 0 Å². The van der Waals surface area contributed by atoms with Gasteiger partial charge in [0, 0.05) is 16.1 Å². The summed E-state index contributed by atoms with van der Waals surface area (Å²) in [6, 6.07) is 10.5. The number of ether oxygens (including phenoxy) is 1. The molecule has 1 amide bonds. The van der Waals surface area contributed by atoms with Crippen LogP contribution in [0.1, 0.15) is 12.5 Å². The highest BCUT2D eigenvalue weighted by Gasteiger charge is 2.17. The van der Waals surface area contributed by atoms with Gasteiger partial charge in [0.15, 0.2) is 6.10 Å². The smallest absolute Gasteiger partial charge is 0.331 e. The van der Waals surface area contributed by atoms with E-state index in [4.69, 9.17) is 27.9 Å². The number of rotatable bonds is 5. The molecule has 1 N–H and O–H groups in total. The van der Waals surface area contributed by atoms with E-state index in [1.165, 1.54) is 31.2 Å². The average molecular weight is 382 g/mol. The molecule has 0 aromatic heterocycles. The first-order valence-electron chi connectivity index (χ1n) is 7.26. The molecule has 0 saturated heterocycles. The predicted molar refractivity (Wildman–Crippen MR) is 96.1 cm³/mol. The second kappa shape index (κ2) is 8.65. The summed E-state index contributed by atoms with van der Waals surface area (Å²) in [4.78, 5) is 23.7. The van der Waals surface area contributed by atoms with Crippen molar-refractivity contribution >= 4 is 46.8 Å². The van der Waals surface area contributed by atoms with Crippen LogP contribution in [0.25, 0.3) is 6.08 Å². The van der Waals surface area contributed by atoms with Crippen LogP contribution in [0.15, 0.2) is 48.5 Å². The summed E-state index contributed by atoms with van der Waals surface area (Å²) in [5, 5.41) is 3.21. The molecule has 2 aromatic rings. The number of halogens is 3. The molecule has 130 valence electrons. The molecule has 0 radical (unpaired) electrons. The standard InChI is InChI=1S/C18H14Cl2FNO3/c1-11(18(24)22-16-5-3-2-4-15(16)21)25-17(23)9-7-12-6-8-13(19)10-14(12)20/h2-11H,1H3,(H,22,24)/b9-7+/t11-/m1/s1. The molecule has 7 heteroatoms. The number of anilines is 1. The van der Waals surface area contributed by atoms with Gasteiger partial charge >= 0.3 is 5.97 Å². The van der Waals surface area contributed by atoms with Crippen LogP contribution in [0.2, 0.25) is 10.0 Å².